The molecule has 1 aromatic carbocycles. The third kappa shape index (κ3) is 1.78. The standard InChI is InChI=1S/C9H11NO3/c1-13-9(12)7-4-2-3-6(5-10)8(7)11/h2-4,11H,5,10H2,1H3. The van der Waals surface area contributed by atoms with Crippen LogP contribution in [0.25, 0.3) is 0 Å². The first-order valence-corrected chi connectivity index (χ1v) is 3.80. The first-order chi connectivity index (χ1) is 6.20. The number of hydrogen-bond donors (Lipinski definition) is 2. The summed E-state index contributed by atoms with van der Waals surface area (Å²) < 4.78 is 4.48. The minimum absolute atomic E-state index is 0.100. The minimum Gasteiger partial charge on any atom is -0.507 e. The molecule has 0 heterocycles. The van der Waals surface area contributed by atoms with Gasteiger partial charge in [-0.25, -0.2) is 4.79 Å². The number of methoxy groups -OCH3 is 1. The maximum atomic E-state index is 11.1. The number of ether oxygens (including phenoxy) is 1. The Morgan fingerprint density at radius 2 is 2.31 bits per heavy atom. The molecule has 0 aliphatic rings. The lowest BCUT2D eigenvalue weighted by atomic mass is 10.1. The van der Waals surface area contributed by atoms with Crippen LogP contribution in [0, 0.1) is 0 Å². The van der Waals surface area contributed by atoms with Crippen molar-refractivity contribution in [2.75, 3.05) is 7.11 Å². The second kappa shape index (κ2) is 3.91. The molecule has 70 valence electrons. The fourth-order valence-corrected chi connectivity index (χ4v) is 1.03. The van der Waals surface area contributed by atoms with E-state index in [9.17, 15) is 9.90 Å². The number of phenolic OH excluding ortho intramolecular Hbond substituents is 1. The van der Waals surface area contributed by atoms with Gasteiger partial charge in [0.2, 0.25) is 0 Å². The van der Waals surface area contributed by atoms with Gasteiger partial charge in [0, 0.05) is 12.1 Å². The van der Waals surface area contributed by atoms with Crippen molar-refractivity contribution in [2.45, 2.75) is 6.54 Å². The van der Waals surface area contributed by atoms with Gasteiger partial charge in [0.25, 0.3) is 0 Å². The zero-order valence-electron chi connectivity index (χ0n) is 7.28. The summed E-state index contributed by atoms with van der Waals surface area (Å²) in [6.45, 7) is 0.191. The van der Waals surface area contributed by atoms with Crippen LogP contribution in [0.1, 0.15) is 15.9 Å². The van der Waals surface area contributed by atoms with E-state index in [0.717, 1.165) is 0 Å². The molecule has 4 heteroatoms. The van der Waals surface area contributed by atoms with Crippen LogP contribution in [0.2, 0.25) is 0 Å². The molecule has 4 nitrogen and oxygen atoms in total. The summed E-state index contributed by atoms with van der Waals surface area (Å²) in [5.74, 6) is -0.662. The minimum atomic E-state index is -0.562. The fourth-order valence-electron chi connectivity index (χ4n) is 1.03. The second-order valence-electron chi connectivity index (χ2n) is 2.51. The third-order valence-corrected chi connectivity index (χ3v) is 1.74. The monoisotopic (exact) mass is 181 g/mol. The SMILES string of the molecule is COC(=O)c1cccc(CN)c1O. The van der Waals surface area contributed by atoms with Crippen LogP contribution in [-0.4, -0.2) is 18.2 Å². The number of rotatable bonds is 2. The summed E-state index contributed by atoms with van der Waals surface area (Å²) in [4.78, 5) is 11.1. The third-order valence-electron chi connectivity index (χ3n) is 1.74. The first-order valence-electron chi connectivity index (χ1n) is 3.80. The van der Waals surface area contributed by atoms with Gasteiger partial charge >= 0.3 is 5.97 Å². The largest absolute Gasteiger partial charge is 0.507 e. The first kappa shape index (κ1) is 9.54. The lowest BCUT2D eigenvalue weighted by Crippen LogP contribution is -2.04. The van der Waals surface area contributed by atoms with Crippen molar-refractivity contribution in [3.8, 4) is 5.75 Å². The molecule has 1 aromatic rings. The normalized spacial score (nSPS) is 9.69. The molecule has 0 aromatic heterocycles. The van der Waals surface area contributed by atoms with Crippen LogP contribution in [0.3, 0.4) is 0 Å². The second-order valence-corrected chi connectivity index (χ2v) is 2.51. The topological polar surface area (TPSA) is 72.5 Å². The van der Waals surface area contributed by atoms with Crippen LogP contribution >= 0.6 is 0 Å². The van der Waals surface area contributed by atoms with Gasteiger partial charge in [-0.1, -0.05) is 12.1 Å². The molecule has 0 amide bonds. The molecule has 0 radical (unpaired) electrons. The number of nitrogens with two attached hydrogens (primary N) is 1. The molecular weight excluding hydrogens is 170 g/mol. The van der Waals surface area contributed by atoms with Crippen molar-refractivity contribution in [1.82, 2.24) is 0 Å². The maximum absolute atomic E-state index is 11.1. The highest BCUT2D eigenvalue weighted by atomic mass is 16.5. The lowest BCUT2D eigenvalue weighted by molar-refractivity contribution is 0.0597. The summed E-state index contributed by atoms with van der Waals surface area (Å²) in [5.41, 5.74) is 6.02. The van der Waals surface area contributed by atoms with Crippen LogP contribution in [0.4, 0.5) is 0 Å². The van der Waals surface area contributed by atoms with Gasteiger partial charge in [-0.3, -0.25) is 0 Å². The highest BCUT2D eigenvalue weighted by molar-refractivity contribution is 5.92. The zero-order chi connectivity index (χ0) is 9.84. The van der Waals surface area contributed by atoms with Gasteiger partial charge < -0.3 is 15.6 Å². The van der Waals surface area contributed by atoms with Crippen LogP contribution in [-0.2, 0) is 11.3 Å². The van der Waals surface area contributed by atoms with E-state index in [4.69, 9.17) is 5.73 Å². The van der Waals surface area contributed by atoms with Gasteiger partial charge in [0.05, 0.1) is 7.11 Å². The smallest absolute Gasteiger partial charge is 0.341 e. The Morgan fingerprint density at radius 1 is 1.62 bits per heavy atom. The molecular formula is C9H11NO3. The zero-order valence-corrected chi connectivity index (χ0v) is 7.28. The Labute approximate surface area is 75.9 Å². The van der Waals surface area contributed by atoms with E-state index in [2.05, 4.69) is 4.74 Å². The van der Waals surface area contributed by atoms with Crippen LogP contribution < -0.4 is 5.73 Å². The fraction of sp³-hybridized carbons (Fsp3) is 0.222. The summed E-state index contributed by atoms with van der Waals surface area (Å²) in [7, 11) is 1.26. The molecule has 0 saturated heterocycles. The van der Waals surface area contributed by atoms with Crippen LogP contribution in [0.5, 0.6) is 5.75 Å². The average Bonchev–Trinajstić information content (AvgIpc) is 2.17. The molecule has 1 rings (SSSR count). The Bertz CT molecular complexity index is 323. The number of benzene rings is 1. The maximum Gasteiger partial charge on any atom is 0.341 e. The van der Waals surface area contributed by atoms with Crippen molar-refractivity contribution in [3.05, 3.63) is 29.3 Å². The molecule has 0 unspecified atom stereocenters. The quantitative estimate of drug-likeness (QED) is 0.656. The van der Waals surface area contributed by atoms with Gasteiger partial charge in [-0.15, -0.1) is 0 Å². The summed E-state index contributed by atoms with van der Waals surface area (Å²) >= 11 is 0. The number of aromatic hydroxyl groups is 1. The molecule has 0 spiro atoms. The van der Waals surface area contributed by atoms with Gasteiger partial charge in [0.1, 0.15) is 11.3 Å². The van der Waals surface area contributed by atoms with Crippen molar-refractivity contribution in [2.24, 2.45) is 5.73 Å². The van der Waals surface area contributed by atoms with E-state index in [1.165, 1.54) is 13.2 Å². The highest BCUT2D eigenvalue weighted by Crippen LogP contribution is 2.22. The molecule has 0 aliphatic carbocycles. The van der Waals surface area contributed by atoms with Gasteiger partial charge in [-0.2, -0.15) is 0 Å². The van der Waals surface area contributed by atoms with E-state index in [0.29, 0.717) is 5.56 Å². The Balaban J connectivity index is 3.15. The number of hydrogen-bond acceptors (Lipinski definition) is 4. The molecule has 0 fully saturated rings. The van der Waals surface area contributed by atoms with Gasteiger partial charge in [0.15, 0.2) is 0 Å². The molecule has 0 bridgehead atoms. The number of para-hydroxylation sites is 1. The molecule has 0 atom stereocenters. The lowest BCUT2D eigenvalue weighted by Gasteiger charge is -2.05. The van der Waals surface area contributed by atoms with Crippen molar-refractivity contribution in [3.63, 3.8) is 0 Å². The summed E-state index contributed by atoms with van der Waals surface area (Å²) in [6.07, 6.45) is 0. The van der Waals surface area contributed by atoms with Crippen molar-refractivity contribution < 1.29 is 14.6 Å². The van der Waals surface area contributed by atoms with Crippen molar-refractivity contribution >= 4 is 5.97 Å². The number of carbonyl (C=O) groups excluding carboxylic acids is 1. The number of carbonyl (C=O) groups is 1. The van der Waals surface area contributed by atoms with Crippen molar-refractivity contribution in [1.29, 1.82) is 0 Å². The van der Waals surface area contributed by atoms with E-state index in [-0.39, 0.29) is 17.9 Å². The van der Waals surface area contributed by atoms with E-state index in [1.807, 2.05) is 0 Å². The van der Waals surface area contributed by atoms with E-state index in [1.54, 1.807) is 12.1 Å². The molecule has 3 N–H and O–H groups in total. The van der Waals surface area contributed by atoms with Crippen LogP contribution in [0.15, 0.2) is 18.2 Å². The molecule has 13 heavy (non-hydrogen) atoms. The Morgan fingerprint density at radius 3 is 2.85 bits per heavy atom. The molecule has 0 aliphatic heterocycles. The summed E-state index contributed by atoms with van der Waals surface area (Å²) in [6, 6.07) is 4.79. The van der Waals surface area contributed by atoms with E-state index >= 15 is 0 Å². The number of phenols is 1. The highest BCUT2D eigenvalue weighted by Gasteiger charge is 2.12. The van der Waals surface area contributed by atoms with Gasteiger partial charge in [-0.05, 0) is 6.07 Å². The average molecular weight is 181 g/mol. The molecule has 0 saturated carbocycles. The Kier molecular flexibility index (Phi) is 2.87. The number of esters is 1. The van der Waals surface area contributed by atoms with E-state index < -0.39 is 5.97 Å². The Hall–Kier alpha value is -1.55. The predicted octanol–water partition coefficient (Wildman–Crippen LogP) is 0.637. The predicted molar refractivity (Wildman–Crippen MR) is 47.3 cm³/mol. The summed E-state index contributed by atoms with van der Waals surface area (Å²) in [5, 5.41) is 9.51.